The second-order valence-corrected chi connectivity index (χ2v) is 10.00. The molecule has 3 aromatic heterocycles. The summed E-state index contributed by atoms with van der Waals surface area (Å²) in [6, 6.07) is 11.3. The van der Waals surface area contributed by atoms with Crippen molar-refractivity contribution in [1.82, 2.24) is 34.6 Å². The molecule has 216 valence electrons. The van der Waals surface area contributed by atoms with Gasteiger partial charge in [-0.2, -0.15) is 5.10 Å². The summed E-state index contributed by atoms with van der Waals surface area (Å²) < 4.78 is 27.9. The number of halogens is 1. The molecule has 0 bridgehead atoms. The molecule has 5 aromatic rings. The summed E-state index contributed by atoms with van der Waals surface area (Å²) in [5.74, 6) is 6.60. The first-order chi connectivity index (χ1) is 20.9. The highest BCUT2D eigenvalue weighted by Gasteiger charge is 2.30. The lowest BCUT2D eigenvalue weighted by Crippen LogP contribution is -2.28. The minimum atomic E-state index is -0.495. The molecule has 1 atom stereocenters. The summed E-state index contributed by atoms with van der Waals surface area (Å²) in [4.78, 5) is 30.9. The lowest BCUT2D eigenvalue weighted by atomic mass is 10.1. The predicted molar refractivity (Wildman–Crippen MR) is 156 cm³/mol. The Morgan fingerprint density at radius 2 is 1.84 bits per heavy atom. The third-order valence-electron chi connectivity index (χ3n) is 6.99. The molecule has 1 saturated heterocycles. The molecule has 1 fully saturated rings. The number of carbonyl (C=O) groups excluding carboxylic acids is 1. The lowest BCUT2D eigenvalue weighted by Gasteiger charge is -2.14. The SMILES string of the molecule is CC#CC(=O)N1CC[C@@H](n2nc(-c3ccc(Oc4cc(F)cc(OCc5cnc(C)nc5)c4)cc3)c3c(N)ncnc32)C1. The number of amides is 1. The van der Waals surface area contributed by atoms with E-state index >= 15 is 0 Å². The fourth-order valence-electron chi connectivity index (χ4n) is 4.92. The molecule has 0 spiro atoms. The van der Waals surface area contributed by atoms with E-state index in [1.165, 1.54) is 18.5 Å². The van der Waals surface area contributed by atoms with Crippen molar-refractivity contribution < 1.29 is 18.7 Å². The van der Waals surface area contributed by atoms with Crippen LogP contribution >= 0.6 is 0 Å². The van der Waals surface area contributed by atoms with Crippen LogP contribution < -0.4 is 15.2 Å². The topological polar surface area (TPSA) is 134 Å². The first kappa shape index (κ1) is 27.6. The van der Waals surface area contributed by atoms with Crippen molar-refractivity contribution in [2.24, 2.45) is 0 Å². The molecule has 43 heavy (non-hydrogen) atoms. The number of nitrogen functional groups attached to an aromatic ring is 1. The zero-order valence-electron chi connectivity index (χ0n) is 23.5. The second kappa shape index (κ2) is 11.7. The average Bonchev–Trinajstić information content (AvgIpc) is 3.64. The number of rotatable bonds is 7. The first-order valence-corrected chi connectivity index (χ1v) is 13.6. The molecule has 1 amide bonds. The number of aryl methyl sites for hydroxylation is 1. The van der Waals surface area contributed by atoms with E-state index in [0.29, 0.717) is 59.4 Å². The van der Waals surface area contributed by atoms with Crippen LogP contribution in [0.15, 0.2) is 61.2 Å². The Kier molecular flexibility index (Phi) is 7.53. The first-order valence-electron chi connectivity index (χ1n) is 13.6. The number of hydrogen-bond donors (Lipinski definition) is 1. The van der Waals surface area contributed by atoms with E-state index in [9.17, 15) is 9.18 Å². The van der Waals surface area contributed by atoms with Gasteiger partial charge in [-0.1, -0.05) is 5.92 Å². The number of nitrogens with two attached hydrogens (primary N) is 1. The standard InChI is InChI=1S/C31H27FN8O3/c1-3-4-27(41)39-10-9-23(16-39)40-31-28(30(33)36-18-37-31)29(38-40)21-5-7-24(8-6-21)43-26-12-22(32)11-25(13-26)42-17-20-14-34-19(2)35-15-20/h5-8,11-15,18,23H,9-10,16-17H2,1-2H3,(H2,33,36,37)/t23-/m1/s1. The maximum atomic E-state index is 14.4. The third-order valence-corrected chi connectivity index (χ3v) is 6.99. The van der Waals surface area contributed by atoms with E-state index in [2.05, 4.69) is 31.8 Å². The minimum Gasteiger partial charge on any atom is -0.489 e. The van der Waals surface area contributed by atoms with E-state index in [-0.39, 0.29) is 24.3 Å². The molecule has 0 aliphatic carbocycles. The van der Waals surface area contributed by atoms with Gasteiger partial charge in [-0.3, -0.25) is 4.79 Å². The molecule has 12 heteroatoms. The summed E-state index contributed by atoms with van der Waals surface area (Å²) in [6.45, 7) is 4.67. The van der Waals surface area contributed by atoms with Crippen LogP contribution in [0.4, 0.5) is 10.2 Å². The van der Waals surface area contributed by atoms with E-state index in [1.54, 1.807) is 49.3 Å². The highest BCUT2D eigenvalue weighted by Crippen LogP contribution is 2.35. The van der Waals surface area contributed by atoms with Crippen LogP contribution in [-0.4, -0.2) is 53.6 Å². The van der Waals surface area contributed by atoms with Gasteiger partial charge in [0.1, 0.15) is 53.3 Å². The van der Waals surface area contributed by atoms with Crippen LogP contribution in [0.2, 0.25) is 0 Å². The molecule has 2 aromatic carbocycles. The maximum Gasteiger partial charge on any atom is 0.298 e. The zero-order valence-corrected chi connectivity index (χ0v) is 23.5. The van der Waals surface area contributed by atoms with Gasteiger partial charge in [0.2, 0.25) is 0 Å². The molecule has 6 rings (SSSR count). The Morgan fingerprint density at radius 1 is 1.07 bits per heavy atom. The quantitative estimate of drug-likeness (QED) is 0.277. The number of benzene rings is 2. The Bertz CT molecular complexity index is 1860. The molecule has 4 heterocycles. The van der Waals surface area contributed by atoms with Crippen molar-refractivity contribution >= 4 is 22.8 Å². The highest BCUT2D eigenvalue weighted by atomic mass is 19.1. The van der Waals surface area contributed by atoms with Crippen LogP contribution in [-0.2, 0) is 11.4 Å². The van der Waals surface area contributed by atoms with Crippen molar-refractivity contribution in [2.45, 2.75) is 32.9 Å². The largest absolute Gasteiger partial charge is 0.489 e. The summed E-state index contributed by atoms with van der Waals surface area (Å²) in [6.07, 6.45) is 5.45. The summed E-state index contributed by atoms with van der Waals surface area (Å²) in [5.41, 5.74) is 9.02. The van der Waals surface area contributed by atoms with Crippen LogP contribution in [0.5, 0.6) is 17.2 Å². The average molecular weight is 579 g/mol. The van der Waals surface area contributed by atoms with E-state index in [4.69, 9.17) is 20.3 Å². The van der Waals surface area contributed by atoms with E-state index in [1.807, 2.05) is 16.8 Å². The fraction of sp³-hybridized carbons (Fsp3) is 0.226. The van der Waals surface area contributed by atoms with Gasteiger partial charge in [0.15, 0.2) is 5.65 Å². The molecular formula is C31H27FN8O3. The van der Waals surface area contributed by atoms with E-state index < -0.39 is 5.82 Å². The Labute approximate surface area is 246 Å². The van der Waals surface area contributed by atoms with Gasteiger partial charge in [-0.05, 0) is 50.5 Å². The predicted octanol–water partition coefficient (Wildman–Crippen LogP) is 4.48. The van der Waals surface area contributed by atoms with Gasteiger partial charge in [0.25, 0.3) is 5.91 Å². The Morgan fingerprint density at radius 3 is 2.60 bits per heavy atom. The number of nitrogens with zero attached hydrogens (tertiary/aromatic N) is 7. The van der Waals surface area contributed by atoms with Gasteiger partial charge in [0, 0.05) is 54.8 Å². The van der Waals surface area contributed by atoms with Crippen LogP contribution in [0, 0.1) is 24.6 Å². The third kappa shape index (κ3) is 5.92. The van der Waals surface area contributed by atoms with Gasteiger partial charge in [0.05, 0.1) is 11.4 Å². The van der Waals surface area contributed by atoms with E-state index in [0.717, 1.165) is 11.1 Å². The van der Waals surface area contributed by atoms with Gasteiger partial charge in [-0.15, -0.1) is 0 Å². The number of hydrogen-bond acceptors (Lipinski definition) is 9. The molecular weight excluding hydrogens is 551 g/mol. The summed E-state index contributed by atoms with van der Waals surface area (Å²) in [7, 11) is 0. The molecule has 0 unspecified atom stereocenters. The monoisotopic (exact) mass is 578 g/mol. The van der Waals surface area contributed by atoms with Crippen LogP contribution in [0.25, 0.3) is 22.3 Å². The molecule has 1 aliphatic heterocycles. The molecule has 0 saturated carbocycles. The zero-order chi connectivity index (χ0) is 29.9. The number of anilines is 1. The molecule has 1 aliphatic rings. The summed E-state index contributed by atoms with van der Waals surface area (Å²) >= 11 is 0. The number of ether oxygens (including phenoxy) is 2. The molecule has 2 N–H and O–H groups in total. The smallest absolute Gasteiger partial charge is 0.298 e. The van der Waals surface area contributed by atoms with Crippen molar-refractivity contribution in [3.05, 3.63) is 78.4 Å². The normalized spacial score (nSPS) is 14.4. The number of carbonyl (C=O) groups is 1. The minimum absolute atomic E-state index is 0.0845. The second-order valence-electron chi connectivity index (χ2n) is 10.00. The van der Waals surface area contributed by atoms with Gasteiger partial charge >= 0.3 is 0 Å². The number of aromatic nitrogens is 6. The summed E-state index contributed by atoms with van der Waals surface area (Å²) in [5, 5.41) is 5.50. The lowest BCUT2D eigenvalue weighted by molar-refractivity contribution is -0.124. The van der Waals surface area contributed by atoms with Crippen molar-refractivity contribution in [1.29, 1.82) is 0 Å². The van der Waals surface area contributed by atoms with Crippen LogP contribution in [0.3, 0.4) is 0 Å². The number of fused-ring (bicyclic) bond motifs is 1. The fourth-order valence-corrected chi connectivity index (χ4v) is 4.92. The van der Waals surface area contributed by atoms with Crippen LogP contribution in [0.1, 0.15) is 30.8 Å². The van der Waals surface area contributed by atoms with Crippen molar-refractivity contribution in [3.8, 4) is 40.3 Å². The van der Waals surface area contributed by atoms with Crippen molar-refractivity contribution in [2.75, 3.05) is 18.8 Å². The molecule has 0 radical (unpaired) electrons. The Balaban J connectivity index is 1.22. The Hall–Kier alpha value is -5.57. The highest BCUT2D eigenvalue weighted by molar-refractivity contribution is 5.98. The van der Waals surface area contributed by atoms with Crippen molar-refractivity contribution in [3.63, 3.8) is 0 Å². The van der Waals surface area contributed by atoms with Gasteiger partial charge in [-0.25, -0.2) is 29.0 Å². The maximum absolute atomic E-state index is 14.4. The number of likely N-dealkylation sites (tertiary alicyclic amines) is 1. The molecule has 11 nitrogen and oxygen atoms in total. The van der Waals surface area contributed by atoms with Gasteiger partial charge < -0.3 is 20.1 Å².